The number of ether oxygens (including phenoxy) is 1. The number of carbonyl (C=O) groups is 1. The number of nitrogens with zero attached hydrogens (tertiary/aromatic N) is 1. The van der Waals surface area contributed by atoms with Gasteiger partial charge in [-0.15, -0.1) is 0 Å². The number of anilines is 1. The summed E-state index contributed by atoms with van der Waals surface area (Å²) in [5, 5.41) is 13.4. The van der Waals surface area contributed by atoms with Crippen molar-refractivity contribution in [3.8, 4) is 0 Å². The molecule has 2 aromatic carbocycles. The van der Waals surface area contributed by atoms with Crippen molar-refractivity contribution in [1.82, 2.24) is 4.90 Å². The van der Waals surface area contributed by atoms with E-state index in [1.165, 1.54) is 6.07 Å². The van der Waals surface area contributed by atoms with Gasteiger partial charge < -0.3 is 20.1 Å². The Labute approximate surface area is 172 Å². The zero-order chi connectivity index (χ0) is 21.4. The van der Waals surface area contributed by atoms with Crippen molar-refractivity contribution in [2.75, 3.05) is 31.6 Å². The van der Waals surface area contributed by atoms with Gasteiger partial charge in [0.05, 0.1) is 18.8 Å². The lowest BCUT2D eigenvalue weighted by molar-refractivity contribution is -0.184. The molecule has 2 aromatic rings. The average molecular weight is 420 g/mol. The molecule has 0 spiro atoms. The molecule has 2 N–H and O–H groups in total. The standard InChI is InChI=1S/C22H23F3N2O3/c23-22(24,25)17-2-1-3-19(12-17)26-18-8-10-27(11-9-18)20(28)15-4-6-16(7-5-15)21(29)13-30-14-21/h1-7,12,18,26,29H,8-11,13-14H2. The maximum Gasteiger partial charge on any atom is 0.416 e. The second-order valence-corrected chi connectivity index (χ2v) is 7.89. The Bertz CT molecular complexity index is 903. The molecule has 0 saturated carbocycles. The van der Waals surface area contributed by atoms with Crippen LogP contribution in [-0.2, 0) is 16.5 Å². The normalized spacial score (nSPS) is 19.3. The number of nitrogens with one attached hydrogen (secondary N) is 1. The Hall–Kier alpha value is -2.58. The van der Waals surface area contributed by atoms with Gasteiger partial charge in [0.1, 0.15) is 5.60 Å². The third-order valence-electron chi connectivity index (χ3n) is 5.69. The Kier molecular flexibility index (Phi) is 5.46. The van der Waals surface area contributed by atoms with E-state index in [9.17, 15) is 23.1 Å². The van der Waals surface area contributed by atoms with Crippen molar-refractivity contribution in [3.05, 3.63) is 65.2 Å². The van der Waals surface area contributed by atoms with E-state index in [2.05, 4.69) is 5.32 Å². The van der Waals surface area contributed by atoms with Crippen LogP contribution in [0.25, 0.3) is 0 Å². The number of piperidine rings is 1. The first kappa shape index (κ1) is 20.7. The first-order valence-corrected chi connectivity index (χ1v) is 9.88. The zero-order valence-corrected chi connectivity index (χ0v) is 16.3. The number of benzene rings is 2. The number of alkyl halides is 3. The monoisotopic (exact) mass is 420 g/mol. The summed E-state index contributed by atoms with van der Waals surface area (Å²) in [6.45, 7) is 1.56. The molecule has 160 valence electrons. The molecule has 0 atom stereocenters. The van der Waals surface area contributed by atoms with E-state index < -0.39 is 17.3 Å². The average Bonchev–Trinajstić information content (AvgIpc) is 2.72. The van der Waals surface area contributed by atoms with Crippen LogP contribution < -0.4 is 5.32 Å². The summed E-state index contributed by atoms with van der Waals surface area (Å²) in [4.78, 5) is 14.5. The maximum absolute atomic E-state index is 12.9. The SMILES string of the molecule is O=C(c1ccc(C2(O)COC2)cc1)N1CCC(Nc2cccc(C(F)(F)F)c2)CC1. The van der Waals surface area contributed by atoms with Crippen LogP contribution in [-0.4, -0.2) is 48.3 Å². The van der Waals surface area contributed by atoms with Gasteiger partial charge in [0.15, 0.2) is 0 Å². The Morgan fingerprint density at radius 1 is 1.10 bits per heavy atom. The molecule has 2 aliphatic heterocycles. The van der Waals surface area contributed by atoms with E-state index in [4.69, 9.17) is 4.74 Å². The van der Waals surface area contributed by atoms with Gasteiger partial charge in [-0.25, -0.2) is 0 Å². The van der Waals surface area contributed by atoms with Crippen LogP contribution in [0.3, 0.4) is 0 Å². The van der Waals surface area contributed by atoms with Crippen molar-refractivity contribution in [2.45, 2.75) is 30.7 Å². The van der Waals surface area contributed by atoms with Crippen LogP contribution in [0.5, 0.6) is 0 Å². The number of hydrogen-bond acceptors (Lipinski definition) is 4. The highest BCUT2D eigenvalue weighted by atomic mass is 19.4. The van der Waals surface area contributed by atoms with Gasteiger partial charge in [0.2, 0.25) is 0 Å². The van der Waals surface area contributed by atoms with E-state index in [0.29, 0.717) is 37.2 Å². The van der Waals surface area contributed by atoms with Crippen molar-refractivity contribution >= 4 is 11.6 Å². The molecule has 2 aliphatic rings. The Morgan fingerprint density at radius 2 is 1.77 bits per heavy atom. The molecule has 0 aromatic heterocycles. The minimum absolute atomic E-state index is 0.00720. The van der Waals surface area contributed by atoms with E-state index in [-0.39, 0.29) is 25.2 Å². The third kappa shape index (κ3) is 4.29. The Balaban J connectivity index is 1.32. The fraction of sp³-hybridized carbons (Fsp3) is 0.409. The summed E-state index contributed by atoms with van der Waals surface area (Å²) in [6.07, 6.45) is -3.07. The highest BCUT2D eigenvalue weighted by molar-refractivity contribution is 5.94. The molecule has 2 fully saturated rings. The molecule has 5 nitrogen and oxygen atoms in total. The molecule has 0 bridgehead atoms. The molecular formula is C22H23F3N2O3. The molecule has 2 heterocycles. The van der Waals surface area contributed by atoms with E-state index >= 15 is 0 Å². The maximum atomic E-state index is 12.9. The minimum Gasteiger partial charge on any atom is -0.382 e. The van der Waals surface area contributed by atoms with Gasteiger partial charge in [-0.1, -0.05) is 18.2 Å². The van der Waals surface area contributed by atoms with Crippen LogP contribution in [0.15, 0.2) is 48.5 Å². The van der Waals surface area contributed by atoms with Crippen LogP contribution >= 0.6 is 0 Å². The van der Waals surface area contributed by atoms with Crippen LogP contribution in [0.2, 0.25) is 0 Å². The fourth-order valence-corrected chi connectivity index (χ4v) is 3.82. The predicted octanol–water partition coefficient (Wildman–Crippen LogP) is 3.64. The van der Waals surface area contributed by atoms with Crippen LogP contribution in [0.4, 0.5) is 18.9 Å². The summed E-state index contributed by atoms with van der Waals surface area (Å²) in [7, 11) is 0. The number of hydrogen-bond donors (Lipinski definition) is 2. The lowest BCUT2D eigenvalue weighted by atomic mass is 9.91. The number of amides is 1. The molecular weight excluding hydrogens is 397 g/mol. The molecule has 2 saturated heterocycles. The highest BCUT2D eigenvalue weighted by Gasteiger charge is 2.38. The highest BCUT2D eigenvalue weighted by Crippen LogP contribution is 2.32. The van der Waals surface area contributed by atoms with Crippen LogP contribution in [0, 0.1) is 0 Å². The summed E-state index contributed by atoms with van der Waals surface area (Å²) >= 11 is 0. The molecule has 30 heavy (non-hydrogen) atoms. The molecule has 0 radical (unpaired) electrons. The van der Waals surface area contributed by atoms with Gasteiger partial charge in [0.25, 0.3) is 5.91 Å². The third-order valence-corrected chi connectivity index (χ3v) is 5.69. The summed E-state index contributed by atoms with van der Waals surface area (Å²) < 4.78 is 43.7. The molecule has 0 aliphatic carbocycles. The summed E-state index contributed by atoms with van der Waals surface area (Å²) in [5.41, 5.74) is 0.0700. The largest absolute Gasteiger partial charge is 0.416 e. The van der Waals surface area contributed by atoms with Crippen LogP contribution in [0.1, 0.15) is 34.3 Å². The summed E-state index contributed by atoms with van der Waals surface area (Å²) in [5.74, 6) is -0.0871. The summed E-state index contributed by atoms with van der Waals surface area (Å²) in [6, 6.07) is 12.1. The van der Waals surface area contributed by atoms with Crippen molar-refractivity contribution in [1.29, 1.82) is 0 Å². The predicted molar refractivity (Wildman–Crippen MR) is 105 cm³/mol. The number of halogens is 3. The van der Waals surface area contributed by atoms with Gasteiger partial charge >= 0.3 is 6.18 Å². The van der Waals surface area contributed by atoms with Crippen molar-refractivity contribution in [3.63, 3.8) is 0 Å². The topological polar surface area (TPSA) is 61.8 Å². The van der Waals surface area contributed by atoms with Gasteiger partial charge in [-0.2, -0.15) is 13.2 Å². The number of rotatable bonds is 4. The second kappa shape index (κ2) is 7.92. The first-order valence-electron chi connectivity index (χ1n) is 9.88. The first-order chi connectivity index (χ1) is 14.2. The molecule has 1 amide bonds. The minimum atomic E-state index is -4.37. The molecule has 0 unspecified atom stereocenters. The smallest absolute Gasteiger partial charge is 0.382 e. The molecule has 8 heteroatoms. The van der Waals surface area contributed by atoms with E-state index in [1.807, 2.05) is 0 Å². The van der Waals surface area contributed by atoms with Crippen molar-refractivity contribution < 1.29 is 27.8 Å². The fourth-order valence-electron chi connectivity index (χ4n) is 3.82. The van der Waals surface area contributed by atoms with Gasteiger partial charge in [-0.05, 0) is 48.7 Å². The van der Waals surface area contributed by atoms with E-state index in [0.717, 1.165) is 17.7 Å². The lowest BCUT2D eigenvalue weighted by Gasteiger charge is -2.37. The number of likely N-dealkylation sites (tertiary alicyclic amines) is 1. The zero-order valence-electron chi connectivity index (χ0n) is 16.3. The second-order valence-electron chi connectivity index (χ2n) is 7.89. The van der Waals surface area contributed by atoms with Gasteiger partial charge in [-0.3, -0.25) is 4.79 Å². The van der Waals surface area contributed by atoms with Crippen molar-refractivity contribution in [2.24, 2.45) is 0 Å². The number of carbonyl (C=O) groups excluding carboxylic acids is 1. The molecule has 4 rings (SSSR count). The quantitative estimate of drug-likeness (QED) is 0.793. The number of aliphatic hydroxyl groups is 1. The Morgan fingerprint density at radius 3 is 2.33 bits per heavy atom. The van der Waals surface area contributed by atoms with Gasteiger partial charge in [0, 0.05) is 30.4 Å². The lowest BCUT2D eigenvalue weighted by Crippen LogP contribution is -2.46. The van der Waals surface area contributed by atoms with E-state index in [1.54, 1.807) is 35.2 Å².